The van der Waals surface area contributed by atoms with Crippen molar-refractivity contribution in [1.29, 1.82) is 0 Å². The standard InChI is InChI=1S/C14H20ClN3O/c1-10-7-17-4-2-3-12(17)8-18(10)14-5-11(9-19)13(15)6-16-14/h5-6,10,12,19H,2-4,7-9H2,1H3. The molecule has 0 bridgehead atoms. The van der Waals surface area contributed by atoms with Gasteiger partial charge in [-0.15, -0.1) is 0 Å². The molecule has 1 aromatic rings. The molecule has 19 heavy (non-hydrogen) atoms. The number of pyridine rings is 1. The Morgan fingerprint density at radius 1 is 1.47 bits per heavy atom. The third-order valence-corrected chi connectivity index (χ3v) is 4.66. The second-order valence-corrected chi connectivity index (χ2v) is 5.99. The van der Waals surface area contributed by atoms with Gasteiger partial charge in [0.15, 0.2) is 0 Å². The molecule has 3 rings (SSSR count). The SMILES string of the molecule is CC1CN2CCCC2CN1c1cc(CO)c(Cl)cn1. The van der Waals surface area contributed by atoms with E-state index in [9.17, 15) is 5.11 Å². The number of piperazine rings is 1. The second-order valence-electron chi connectivity index (χ2n) is 5.58. The Kier molecular flexibility index (Phi) is 3.65. The fourth-order valence-electron chi connectivity index (χ4n) is 3.25. The van der Waals surface area contributed by atoms with Crippen molar-refractivity contribution >= 4 is 17.4 Å². The Bertz CT molecular complexity index is 468. The second kappa shape index (κ2) is 5.27. The van der Waals surface area contributed by atoms with E-state index in [1.54, 1.807) is 6.20 Å². The number of halogens is 1. The van der Waals surface area contributed by atoms with Crippen molar-refractivity contribution in [2.45, 2.75) is 38.5 Å². The molecule has 0 radical (unpaired) electrons. The number of anilines is 1. The van der Waals surface area contributed by atoms with E-state index in [0.29, 0.717) is 17.1 Å². The van der Waals surface area contributed by atoms with Crippen LogP contribution in [0.1, 0.15) is 25.3 Å². The predicted molar refractivity (Wildman–Crippen MR) is 76.6 cm³/mol. The first kappa shape index (κ1) is 13.2. The fourth-order valence-corrected chi connectivity index (χ4v) is 3.42. The molecular formula is C14H20ClN3O. The van der Waals surface area contributed by atoms with Crippen LogP contribution in [0.15, 0.2) is 12.3 Å². The van der Waals surface area contributed by atoms with Crippen LogP contribution in [0.25, 0.3) is 0 Å². The fraction of sp³-hybridized carbons (Fsp3) is 0.643. The highest BCUT2D eigenvalue weighted by Gasteiger charge is 2.34. The van der Waals surface area contributed by atoms with Gasteiger partial charge in [0.25, 0.3) is 0 Å². The van der Waals surface area contributed by atoms with Crippen molar-refractivity contribution in [3.8, 4) is 0 Å². The molecule has 2 unspecified atom stereocenters. The summed E-state index contributed by atoms with van der Waals surface area (Å²) < 4.78 is 0. The number of aliphatic hydroxyl groups excluding tert-OH is 1. The summed E-state index contributed by atoms with van der Waals surface area (Å²) >= 11 is 6.01. The van der Waals surface area contributed by atoms with Crippen molar-refractivity contribution < 1.29 is 5.11 Å². The lowest BCUT2D eigenvalue weighted by molar-refractivity contribution is 0.202. The molecule has 0 aliphatic carbocycles. The van der Waals surface area contributed by atoms with Crippen LogP contribution in [-0.4, -0.2) is 46.7 Å². The molecule has 2 aliphatic rings. The summed E-state index contributed by atoms with van der Waals surface area (Å²) in [6.45, 7) is 5.57. The number of aromatic nitrogens is 1. The lowest BCUT2D eigenvalue weighted by Gasteiger charge is -2.43. The van der Waals surface area contributed by atoms with Crippen LogP contribution < -0.4 is 4.90 Å². The Labute approximate surface area is 119 Å². The van der Waals surface area contributed by atoms with Crippen molar-refractivity contribution in [1.82, 2.24) is 9.88 Å². The summed E-state index contributed by atoms with van der Waals surface area (Å²) in [7, 11) is 0. The molecule has 0 spiro atoms. The summed E-state index contributed by atoms with van der Waals surface area (Å²) in [6, 6.07) is 3.03. The first-order valence-corrected chi connectivity index (χ1v) is 7.33. The van der Waals surface area contributed by atoms with E-state index in [-0.39, 0.29) is 6.61 Å². The summed E-state index contributed by atoms with van der Waals surface area (Å²) in [6.07, 6.45) is 4.24. The zero-order valence-corrected chi connectivity index (χ0v) is 12.0. The van der Waals surface area contributed by atoms with Gasteiger partial charge in [-0.05, 0) is 32.4 Å². The highest BCUT2D eigenvalue weighted by atomic mass is 35.5. The average Bonchev–Trinajstić information content (AvgIpc) is 2.85. The molecule has 104 valence electrons. The molecule has 1 aromatic heterocycles. The van der Waals surface area contributed by atoms with Gasteiger partial charge in [0.1, 0.15) is 5.82 Å². The number of nitrogens with zero attached hydrogens (tertiary/aromatic N) is 3. The van der Waals surface area contributed by atoms with Gasteiger partial charge in [-0.3, -0.25) is 4.90 Å². The Morgan fingerprint density at radius 3 is 3.11 bits per heavy atom. The maximum Gasteiger partial charge on any atom is 0.129 e. The first-order chi connectivity index (χ1) is 9.19. The number of hydrogen-bond donors (Lipinski definition) is 1. The van der Waals surface area contributed by atoms with Gasteiger partial charge in [0.05, 0.1) is 11.6 Å². The Balaban J connectivity index is 1.84. The Morgan fingerprint density at radius 2 is 2.32 bits per heavy atom. The maximum absolute atomic E-state index is 9.32. The van der Waals surface area contributed by atoms with Crippen molar-refractivity contribution in [3.63, 3.8) is 0 Å². The molecule has 5 heteroatoms. The van der Waals surface area contributed by atoms with Crippen LogP contribution >= 0.6 is 11.6 Å². The van der Waals surface area contributed by atoms with Gasteiger partial charge in [0.2, 0.25) is 0 Å². The highest BCUT2D eigenvalue weighted by molar-refractivity contribution is 6.31. The molecule has 2 aliphatic heterocycles. The molecule has 0 amide bonds. The van der Waals surface area contributed by atoms with Gasteiger partial charge in [-0.1, -0.05) is 11.6 Å². The third kappa shape index (κ3) is 2.45. The first-order valence-electron chi connectivity index (χ1n) is 6.95. The molecule has 0 saturated carbocycles. The number of aliphatic hydroxyl groups is 1. The van der Waals surface area contributed by atoms with Gasteiger partial charge < -0.3 is 10.0 Å². The average molecular weight is 282 g/mol. The molecule has 0 aromatic carbocycles. The predicted octanol–water partition coefficient (Wildman–Crippen LogP) is 1.90. The minimum absolute atomic E-state index is 0.0356. The molecule has 2 atom stereocenters. The number of fused-ring (bicyclic) bond motifs is 1. The lowest BCUT2D eigenvalue weighted by Crippen LogP contribution is -2.55. The number of rotatable bonds is 2. The molecule has 4 nitrogen and oxygen atoms in total. The monoisotopic (exact) mass is 281 g/mol. The van der Waals surface area contributed by atoms with Crippen molar-refractivity contribution in [2.75, 3.05) is 24.5 Å². The lowest BCUT2D eigenvalue weighted by atomic mass is 10.1. The largest absolute Gasteiger partial charge is 0.392 e. The van der Waals surface area contributed by atoms with Crippen molar-refractivity contribution in [2.24, 2.45) is 0 Å². The topological polar surface area (TPSA) is 39.6 Å². The van der Waals surface area contributed by atoms with Gasteiger partial charge in [0, 0.05) is 36.9 Å². The van der Waals surface area contributed by atoms with Crippen molar-refractivity contribution in [3.05, 3.63) is 22.8 Å². The molecule has 1 N–H and O–H groups in total. The summed E-state index contributed by atoms with van der Waals surface area (Å²) in [5, 5.41) is 9.86. The van der Waals surface area contributed by atoms with Gasteiger partial charge in [-0.25, -0.2) is 4.98 Å². The van der Waals surface area contributed by atoms with E-state index in [0.717, 1.165) is 24.5 Å². The van der Waals surface area contributed by atoms with E-state index in [2.05, 4.69) is 21.7 Å². The number of hydrogen-bond acceptors (Lipinski definition) is 4. The normalized spacial score (nSPS) is 27.6. The van der Waals surface area contributed by atoms with Crippen LogP contribution in [0.2, 0.25) is 5.02 Å². The minimum Gasteiger partial charge on any atom is -0.392 e. The quantitative estimate of drug-likeness (QED) is 0.899. The third-order valence-electron chi connectivity index (χ3n) is 4.32. The highest BCUT2D eigenvalue weighted by Crippen LogP contribution is 2.29. The van der Waals surface area contributed by atoms with Crippen LogP contribution in [0, 0.1) is 0 Å². The van der Waals surface area contributed by atoms with Gasteiger partial charge in [-0.2, -0.15) is 0 Å². The zero-order valence-electron chi connectivity index (χ0n) is 11.2. The summed E-state index contributed by atoms with van der Waals surface area (Å²) in [5.74, 6) is 0.938. The molecular weight excluding hydrogens is 262 g/mol. The van der Waals surface area contributed by atoms with Crippen LogP contribution in [0.4, 0.5) is 5.82 Å². The summed E-state index contributed by atoms with van der Waals surface area (Å²) in [4.78, 5) is 9.38. The minimum atomic E-state index is -0.0356. The van der Waals surface area contributed by atoms with Crippen LogP contribution in [0.5, 0.6) is 0 Å². The van der Waals surface area contributed by atoms with Crippen LogP contribution in [0.3, 0.4) is 0 Å². The van der Waals surface area contributed by atoms with E-state index >= 15 is 0 Å². The van der Waals surface area contributed by atoms with E-state index in [4.69, 9.17) is 11.6 Å². The smallest absolute Gasteiger partial charge is 0.129 e. The molecule has 3 heterocycles. The molecule has 2 fully saturated rings. The molecule has 2 saturated heterocycles. The maximum atomic E-state index is 9.32. The van der Waals surface area contributed by atoms with E-state index in [1.807, 2.05) is 6.07 Å². The zero-order chi connectivity index (χ0) is 13.4. The Hall–Kier alpha value is -0.840. The van der Waals surface area contributed by atoms with Crippen LogP contribution in [-0.2, 0) is 6.61 Å². The van der Waals surface area contributed by atoms with E-state index < -0.39 is 0 Å². The summed E-state index contributed by atoms with van der Waals surface area (Å²) in [5.41, 5.74) is 0.757. The van der Waals surface area contributed by atoms with Gasteiger partial charge >= 0.3 is 0 Å². The van der Waals surface area contributed by atoms with E-state index in [1.165, 1.54) is 19.4 Å².